The van der Waals surface area contributed by atoms with Crippen molar-refractivity contribution in [3.05, 3.63) is 38.0 Å². The average Bonchev–Trinajstić information content (AvgIpc) is 3.33. The van der Waals surface area contributed by atoms with E-state index in [-0.39, 0.29) is 12.0 Å². The summed E-state index contributed by atoms with van der Waals surface area (Å²) in [5.74, 6) is -0.163. The molecule has 1 saturated heterocycles. The zero-order chi connectivity index (χ0) is 17.4. The van der Waals surface area contributed by atoms with Crippen LogP contribution in [0, 0.1) is 13.8 Å². The highest BCUT2D eigenvalue weighted by atomic mass is 32.1. The third-order valence-electron chi connectivity index (χ3n) is 3.94. The number of aryl methyl sites for hydroxylation is 2. The van der Waals surface area contributed by atoms with Gasteiger partial charge in [0.05, 0.1) is 16.8 Å². The van der Waals surface area contributed by atoms with Crippen LogP contribution < -0.4 is 5.32 Å². The van der Waals surface area contributed by atoms with Gasteiger partial charge in [-0.3, -0.25) is 10.1 Å². The van der Waals surface area contributed by atoms with E-state index in [1.54, 1.807) is 17.5 Å². The van der Waals surface area contributed by atoms with Gasteiger partial charge in [0.1, 0.15) is 16.0 Å². The Bertz CT molecular complexity index is 906. The molecule has 1 aliphatic rings. The Morgan fingerprint density at radius 2 is 2.16 bits per heavy atom. The van der Waals surface area contributed by atoms with E-state index in [1.165, 1.54) is 27.6 Å². The molecule has 1 aliphatic heterocycles. The van der Waals surface area contributed by atoms with E-state index in [0.717, 1.165) is 39.9 Å². The van der Waals surface area contributed by atoms with Crippen molar-refractivity contribution in [1.82, 2.24) is 9.97 Å². The van der Waals surface area contributed by atoms with Crippen molar-refractivity contribution in [2.75, 3.05) is 11.9 Å². The Kier molecular flexibility index (Phi) is 4.68. The number of nitrogens with one attached hydrogen (secondary N) is 1. The number of ether oxygens (including phenoxy) is 1. The summed E-state index contributed by atoms with van der Waals surface area (Å²) < 4.78 is 5.63. The zero-order valence-electron chi connectivity index (χ0n) is 13.9. The molecule has 1 atom stereocenters. The fourth-order valence-electron chi connectivity index (χ4n) is 2.71. The molecule has 1 amide bonds. The maximum Gasteiger partial charge on any atom is 0.269 e. The third kappa shape index (κ3) is 3.52. The molecule has 3 aromatic heterocycles. The van der Waals surface area contributed by atoms with Crippen molar-refractivity contribution in [3.63, 3.8) is 0 Å². The van der Waals surface area contributed by atoms with Gasteiger partial charge in [0.2, 0.25) is 0 Å². The molecular formula is C17H17N3O2S3. The Morgan fingerprint density at radius 3 is 2.88 bits per heavy atom. The molecule has 0 radical (unpaired) electrons. The number of rotatable bonds is 4. The third-order valence-corrected chi connectivity index (χ3v) is 6.93. The van der Waals surface area contributed by atoms with Gasteiger partial charge < -0.3 is 4.74 Å². The van der Waals surface area contributed by atoms with E-state index in [9.17, 15) is 4.79 Å². The molecule has 0 bridgehead atoms. The lowest BCUT2D eigenvalue weighted by Gasteiger charge is -2.03. The summed E-state index contributed by atoms with van der Waals surface area (Å²) in [7, 11) is 0. The van der Waals surface area contributed by atoms with Crippen molar-refractivity contribution in [2.45, 2.75) is 32.8 Å². The number of thiazole rings is 2. The summed E-state index contributed by atoms with van der Waals surface area (Å²) in [6.07, 6.45) is 3.70. The highest BCUT2D eigenvalue weighted by Gasteiger charge is 2.23. The predicted molar refractivity (Wildman–Crippen MR) is 103 cm³/mol. The lowest BCUT2D eigenvalue weighted by atomic mass is 10.2. The molecule has 1 fully saturated rings. The van der Waals surface area contributed by atoms with Crippen LogP contribution in [0.25, 0.3) is 10.6 Å². The molecule has 0 aliphatic carbocycles. The van der Waals surface area contributed by atoms with Crippen LogP contribution in [0.4, 0.5) is 5.13 Å². The molecule has 0 aromatic carbocycles. The fraction of sp³-hybridized carbons (Fsp3) is 0.353. The van der Waals surface area contributed by atoms with Gasteiger partial charge in [0.15, 0.2) is 5.13 Å². The Labute approximate surface area is 157 Å². The van der Waals surface area contributed by atoms with Gasteiger partial charge in [0.25, 0.3) is 5.91 Å². The van der Waals surface area contributed by atoms with Crippen LogP contribution in [0.15, 0.2) is 18.3 Å². The second-order valence-corrected chi connectivity index (χ2v) is 9.41. The zero-order valence-corrected chi connectivity index (χ0v) is 16.3. The Morgan fingerprint density at radius 1 is 1.28 bits per heavy atom. The maximum absolute atomic E-state index is 12.5. The first-order chi connectivity index (χ1) is 12.1. The number of carbonyl (C=O) groups is 1. The van der Waals surface area contributed by atoms with Crippen LogP contribution in [-0.2, 0) is 4.74 Å². The van der Waals surface area contributed by atoms with Crippen molar-refractivity contribution in [3.8, 4) is 10.6 Å². The van der Waals surface area contributed by atoms with Crippen molar-refractivity contribution in [2.24, 2.45) is 0 Å². The second-order valence-electron chi connectivity index (χ2n) is 5.85. The molecule has 4 rings (SSSR count). The van der Waals surface area contributed by atoms with Crippen LogP contribution in [0.2, 0.25) is 0 Å². The number of thiophene rings is 1. The maximum atomic E-state index is 12.5. The quantitative estimate of drug-likeness (QED) is 0.676. The molecule has 25 heavy (non-hydrogen) atoms. The number of amides is 1. The van der Waals surface area contributed by atoms with Crippen LogP contribution >= 0.6 is 34.0 Å². The minimum atomic E-state index is -0.163. The van der Waals surface area contributed by atoms with Gasteiger partial charge in [-0.2, -0.15) is 0 Å². The highest BCUT2D eigenvalue weighted by Crippen LogP contribution is 2.35. The lowest BCUT2D eigenvalue weighted by molar-refractivity contribution is 0.103. The minimum absolute atomic E-state index is 0.0438. The summed E-state index contributed by atoms with van der Waals surface area (Å²) >= 11 is 4.61. The van der Waals surface area contributed by atoms with Crippen LogP contribution in [0.3, 0.4) is 0 Å². The van der Waals surface area contributed by atoms with E-state index in [2.05, 4.69) is 34.3 Å². The molecule has 0 spiro atoms. The molecular weight excluding hydrogens is 374 g/mol. The summed E-state index contributed by atoms with van der Waals surface area (Å²) in [6.45, 7) is 4.88. The summed E-state index contributed by atoms with van der Waals surface area (Å²) in [5.41, 5.74) is 0.947. The lowest BCUT2D eigenvalue weighted by Crippen LogP contribution is -2.09. The fourth-order valence-corrected chi connectivity index (χ4v) is 5.41. The number of anilines is 1. The SMILES string of the molecule is Cc1ccc(-c2nc(NC(=O)c3cnc([C@H]4CCCO4)s3)sc2C)s1. The first-order valence-corrected chi connectivity index (χ1v) is 10.5. The minimum Gasteiger partial charge on any atom is -0.371 e. The topological polar surface area (TPSA) is 64.1 Å². The van der Waals surface area contributed by atoms with E-state index >= 15 is 0 Å². The van der Waals surface area contributed by atoms with Gasteiger partial charge in [-0.25, -0.2) is 9.97 Å². The van der Waals surface area contributed by atoms with Crippen LogP contribution in [0.1, 0.15) is 43.4 Å². The highest BCUT2D eigenvalue weighted by molar-refractivity contribution is 7.18. The Balaban J connectivity index is 1.49. The number of carbonyl (C=O) groups excluding carboxylic acids is 1. The summed E-state index contributed by atoms with van der Waals surface area (Å²) in [5, 5.41) is 4.41. The standard InChI is InChI=1S/C17H17N3O2S3/c1-9-5-6-12(23-9)14-10(2)24-17(19-14)20-15(21)13-8-18-16(25-13)11-4-3-7-22-11/h5-6,8,11H,3-4,7H2,1-2H3,(H,19,20,21)/t11-/m1/s1. The molecule has 8 heteroatoms. The van der Waals surface area contributed by atoms with Gasteiger partial charge in [0, 0.05) is 16.4 Å². The number of hydrogen-bond acceptors (Lipinski definition) is 7. The van der Waals surface area contributed by atoms with Gasteiger partial charge in [-0.05, 0) is 38.8 Å². The van der Waals surface area contributed by atoms with E-state index in [4.69, 9.17) is 4.74 Å². The molecule has 0 unspecified atom stereocenters. The smallest absolute Gasteiger partial charge is 0.269 e. The van der Waals surface area contributed by atoms with Gasteiger partial charge in [-0.1, -0.05) is 0 Å². The van der Waals surface area contributed by atoms with Crippen molar-refractivity contribution < 1.29 is 9.53 Å². The predicted octanol–water partition coefficient (Wildman–Crippen LogP) is 5.05. The largest absolute Gasteiger partial charge is 0.371 e. The van der Waals surface area contributed by atoms with Gasteiger partial charge >= 0.3 is 0 Å². The van der Waals surface area contributed by atoms with Crippen molar-refractivity contribution >= 4 is 45.0 Å². The van der Waals surface area contributed by atoms with E-state index < -0.39 is 0 Å². The number of hydrogen-bond donors (Lipinski definition) is 1. The first-order valence-electron chi connectivity index (χ1n) is 8.03. The summed E-state index contributed by atoms with van der Waals surface area (Å²) in [4.78, 5) is 25.5. The van der Waals surface area contributed by atoms with Crippen molar-refractivity contribution in [1.29, 1.82) is 0 Å². The van der Waals surface area contributed by atoms with Crippen LogP contribution in [-0.4, -0.2) is 22.5 Å². The van der Waals surface area contributed by atoms with E-state index in [0.29, 0.717) is 10.0 Å². The molecule has 0 saturated carbocycles. The molecule has 3 aromatic rings. The number of aromatic nitrogens is 2. The Hall–Kier alpha value is -1.61. The summed E-state index contributed by atoms with van der Waals surface area (Å²) in [6, 6.07) is 4.16. The number of nitrogens with zero attached hydrogens (tertiary/aromatic N) is 2. The molecule has 5 nitrogen and oxygen atoms in total. The normalized spacial score (nSPS) is 17.1. The average molecular weight is 392 g/mol. The molecule has 1 N–H and O–H groups in total. The monoisotopic (exact) mass is 391 g/mol. The second kappa shape index (κ2) is 6.95. The van der Waals surface area contributed by atoms with Crippen LogP contribution in [0.5, 0.6) is 0 Å². The van der Waals surface area contributed by atoms with E-state index in [1.807, 2.05) is 6.92 Å². The first kappa shape index (κ1) is 16.8. The molecule has 130 valence electrons. The van der Waals surface area contributed by atoms with Gasteiger partial charge in [-0.15, -0.1) is 34.0 Å². The molecule has 4 heterocycles.